The molecular formula is C11H16N4O2. The summed E-state index contributed by atoms with van der Waals surface area (Å²) < 4.78 is 0. The first-order chi connectivity index (χ1) is 8.24. The van der Waals surface area contributed by atoms with Gasteiger partial charge in [-0.15, -0.1) is 0 Å². The molecule has 0 spiro atoms. The number of hydrogen-bond donors (Lipinski definition) is 2. The van der Waals surface area contributed by atoms with Crippen LogP contribution in [0, 0.1) is 5.21 Å². The highest BCUT2D eigenvalue weighted by molar-refractivity contribution is 5.89. The Balaban J connectivity index is 1.82. The second-order valence-corrected chi connectivity index (χ2v) is 4.25. The molecule has 17 heavy (non-hydrogen) atoms. The molecule has 1 aliphatic carbocycles. The van der Waals surface area contributed by atoms with Crippen LogP contribution in [0.3, 0.4) is 0 Å². The van der Waals surface area contributed by atoms with E-state index in [9.17, 15) is 10.0 Å². The predicted molar refractivity (Wildman–Crippen MR) is 62.2 cm³/mol. The Kier molecular flexibility index (Phi) is 3.74. The normalized spacial score (nSPS) is 16.5. The van der Waals surface area contributed by atoms with E-state index < -0.39 is 0 Å². The smallest absolute Gasteiger partial charge is 0.319 e. The highest BCUT2D eigenvalue weighted by Gasteiger charge is 2.15. The Morgan fingerprint density at radius 2 is 2.18 bits per heavy atom. The molecule has 2 rings (SSSR count). The third-order valence-corrected chi connectivity index (χ3v) is 2.89. The first-order valence-corrected chi connectivity index (χ1v) is 5.87. The summed E-state index contributed by atoms with van der Waals surface area (Å²) >= 11 is 0. The van der Waals surface area contributed by atoms with E-state index in [1.54, 1.807) is 0 Å². The Morgan fingerprint density at radius 1 is 1.41 bits per heavy atom. The van der Waals surface area contributed by atoms with Crippen molar-refractivity contribution in [1.82, 2.24) is 10.4 Å². The Hall–Kier alpha value is -1.85. The first kappa shape index (κ1) is 11.6. The molecule has 2 N–H and O–H groups in total. The number of aromatic nitrogens is 2. The Bertz CT molecular complexity index is 374. The number of carbonyl (C=O) groups is 1. The fourth-order valence-corrected chi connectivity index (χ4v) is 2.02. The molecule has 0 aliphatic heterocycles. The molecule has 2 amide bonds. The van der Waals surface area contributed by atoms with Crippen molar-refractivity contribution >= 4 is 11.7 Å². The summed E-state index contributed by atoms with van der Waals surface area (Å²) in [7, 11) is 0. The van der Waals surface area contributed by atoms with Gasteiger partial charge in [-0.05, 0) is 12.8 Å². The van der Waals surface area contributed by atoms with E-state index in [2.05, 4.69) is 15.7 Å². The molecule has 0 bridgehead atoms. The standard InChI is InChI=1S/C11H16N4O2/c16-11(13-9-4-2-1-3-5-9)14-10-6-7-15(17)12-8-10/h6-9H,1-5H2,(H2,13,14,16). The first-order valence-electron chi connectivity index (χ1n) is 5.87. The van der Waals surface area contributed by atoms with Gasteiger partial charge in [0, 0.05) is 17.2 Å². The summed E-state index contributed by atoms with van der Waals surface area (Å²) in [6.45, 7) is 0. The molecule has 0 atom stereocenters. The number of anilines is 1. The maximum Gasteiger partial charge on any atom is 0.319 e. The highest BCUT2D eigenvalue weighted by atomic mass is 16.5. The maximum atomic E-state index is 11.6. The summed E-state index contributed by atoms with van der Waals surface area (Å²) in [6.07, 6.45) is 8.26. The summed E-state index contributed by atoms with van der Waals surface area (Å²) in [4.78, 5) is 12.1. The van der Waals surface area contributed by atoms with Gasteiger partial charge in [0.1, 0.15) is 6.20 Å². The number of nitrogens with one attached hydrogen (secondary N) is 2. The lowest BCUT2D eigenvalue weighted by molar-refractivity contribution is -0.669. The summed E-state index contributed by atoms with van der Waals surface area (Å²) in [5.74, 6) is 0. The van der Waals surface area contributed by atoms with Crippen LogP contribution in [0.15, 0.2) is 18.5 Å². The van der Waals surface area contributed by atoms with Crippen molar-refractivity contribution in [1.29, 1.82) is 0 Å². The van der Waals surface area contributed by atoms with E-state index in [1.807, 2.05) is 0 Å². The number of carbonyl (C=O) groups excluding carboxylic acids is 1. The molecule has 92 valence electrons. The van der Waals surface area contributed by atoms with Crippen LogP contribution in [0.2, 0.25) is 0 Å². The van der Waals surface area contributed by atoms with Crippen LogP contribution in [0.5, 0.6) is 0 Å². The fourth-order valence-electron chi connectivity index (χ4n) is 2.02. The van der Waals surface area contributed by atoms with Gasteiger partial charge in [0.15, 0.2) is 0 Å². The van der Waals surface area contributed by atoms with E-state index in [-0.39, 0.29) is 12.1 Å². The van der Waals surface area contributed by atoms with E-state index in [0.717, 1.165) is 12.8 Å². The zero-order valence-electron chi connectivity index (χ0n) is 9.56. The minimum absolute atomic E-state index is 0.234. The van der Waals surface area contributed by atoms with Crippen LogP contribution in [0.4, 0.5) is 10.5 Å². The minimum Gasteiger partial charge on any atom is -0.594 e. The second kappa shape index (κ2) is 5.47. The van der Waals surface area contributed by atoms with Gasteiger partial charge in [-0.1, -0.05) is 24.1 Å². The monoisotopic (exact) mass is 236 g/mol. The fraction of sp³-hybridized carbons (Fsp3) is 0.545. The third kappa shape index (κ3) is 3.58. The van der Waals surface area contributed by atoms with Crippen molar-refractivity contribution in [3.05, 3.63) is 23.7 Å². The molecule has 0 radical (unpaired) electrons. The number of rotatable bonds is 2. The van der Waals surface area contributed by atoms with Gasteiger partial charge in [0.05, 0.1) is 5.69 Å². The summed E-state index contributed by atoms with van der Waals surface area (Å²) in [6, 6.07) is 1.55. The third-order valence-electron chi connectivity index (χ3n) is 2.89. The summed E-state index contributed by atoms with van der Waals surface area (Å²) in [5, 5.41) is 19.8. The average Bonchev–Trinajstić information content (AvgIpc) is 2.33. The van der Waals surface area contributed by atoms with Crippen molar-refractivity contribution in [3.8, 4) is 0 Å². The van der Waals surface area contributed by atoms with Gasteiger partial charge in [-0.2, -0.15) is 0 Å². The maximum absolute atomic E-state index is 11.6. The molecule has 1 heterocycles. The molecule has 6 nitrogen and oxygen atoms in total. The van der Waals surface area contributed by atoms with Crippen molar-refractivity contribution in [2.45, 2.75) is 38.1 Å². The molecule has 1 fully saturated rings. The number of urea groups is 1. The lowest BCUT2D eigenvalue weighted by atomic mass is 9.96. The van der Waals surface area contributed by atoms with Gasteiger partial charge in [-0.3, -0.25) is 0 Å². The topological polar surface area (TPSA) is 81.0 Å². The molecule has 1 aliphatic rings. The van der Waals surface area contributed by atoms with Gasteiger partial charge in [0.25, 0.3) is 0 Å². The molecule has 1 saturated carbocycles. The van der Waals surface area contributed by atoms with E-state index in [4.69, 9.17) is 0 Å². The van der Waals surface area contributed by atoms with Crippen LogP contribution in [0.1, 0.15) is 32.1 Å². The second-order valence-electron chi connectivity index (χ2n) is 4.25. The molecule has 0 unspecified atom stereocenters. The van der Waals surface area contributed by atoms with Crippen molar-refractivity contribution < 1.29 is 9.64 Å². The predicted octanol–water partition coefficient (Wildman–Crippen LogP) is 1.17. The van der Waals surface area contributed by atoms with Crippen molar-refractivity contribution in [3.63, 3.8) is 0 Å². The van der Waals surface area contributed by atoms with Crippen LogP contribution < -0.4 is 15.5 Å². The molecule has 0 aromatic carbocycles. The van der Waals surface area contributed by atoms with Crippen LogP contribution in [-0.4, -0.2) is 17.2 Å². The molecule has 6 heteroatoms. The van der Waals surface area contributed by atoms with Gasteiger partial charge < -0.3 is 15.8 Å². The van der Waals surface area contributed by atoms with Crippen LogP contribution in [0.25, 0.3) is 0 Å². The van der Waals surface area contributed by atoms with E-state index >= 15 is 0 Å². The van der Waals surface area contributed by atoms with E-state index in [1.165, 1.54) is 37.7 Å². The summed E-state index contributed by atoms with van der Waals surface area (Å²) in [5.41, 5.74) is 0.519. The molecule has 0 saturated heterocycles. The van der Waals surface area contributed by atoms with Gasteiger partial charge >= 0.3 is 6.03 Å². The molecular weight excluding hydrogens is 220 g/mol. The van der Waals surface area contributed by atoms with Gasteiger partial charge in [-0.25, -0.2) is 4.79 Å². The number of nitrogens with zero attached hydrogens (tertiary/aromatic N) is 2. The number of amides is 2. The largest absolute Gasteiger partial charge is 0.594 e. The zero-order valence-corrected chi connectivity index (χ0v) is 9.56. The number of hydrogen-bond acceptors (Lipinski definition) is 3. The Morgan fingerprint density at radius 3 is 2.82 bits per heavy atom. The van der Waals surface area contributed by atoms with E-state index in [0.29, 0.717) is 10.5 Å². The van der Waals surface area contributed by atoms with Crippen molar-refractivity contribution in [2.75, 3.05) is 5.32 Å². The lowest BCUT2D eigenvalue weighted by Crippen LogP contribution is -2.39. The van der Waals surface area contributed by atoms with Crippen LogP contribution >= 0.6 is 0 Å². The molecule has 1 aromatic heterocycles. The Labute approximate surface area is 99.6 Å². The van der Waals surface area contributed by atoms with Crippen molar-refractivity contribution in [2.24, 2.45) is 0 Å². The molecule has 1 aromatic rings. The minimum atomic E-state index is -0.234. The SMILES string of the molecule is O=C(Nc1cc[n+]([O-])nc1)NC1CCCCC1. The average molecular weight is 236 g/mol. The lowest BCUT2D eigenvalue weighted by Gasteiger charge is -2.22. The van der Waals surface area contributed by atoms with Gasteiger partial charge in [0.2, 0.25) is 6.20 Å². The highest BCUT2D eigenvalue weighted by Crippen LogP contribution is 2.17. The van der Waals surface area contributed by atoms with Crippen LogP contribution in [-0.2, 0) is 0 Å². The quantitative estimate of drug-likeness (QED) is 0.597. The zero-order chi connectivity index (χ0) is 12.1.